The molecule has 2 unspecified atom stereocenters. The number of phenolic OH excluding ortho intramolecular Hbond substituents is 1. The van der Waals surface area contributed by atoms with Gasteiger partial charge in [0.1, 0.15) is 11.9 Å². The maximum atomic E-state index is 9.23. The summed E-state index contributed by atoms with van der Waals surface area (Å²) in [5.74, 6) is 1.27. The smallest absolute Gasteiger partial charge is 0.256 e. The van der Waals surface area contributed by atoms with E-state index in [1.807, 2.05) is 6.92 Å². The van der Waals surface area contributed by atoms with Crippen molar-refractivity contribution in [3.8, 4) is 17.1 Å². The van der Waals surface area contributed by atoms with E-state index in [2.05, 4.69) is 10.1 Å². The summed E-state index contributed by atoms with van der Waals surface area (Å²) in [5, 5.41) is 13.2. The van der Waals surface area contributed by atoms with Crippen LogP contribution in [0.3, 0.4) is 0 Å². The molecule has 0 saturated carbocycles. The zero-order chi connectivity index (χ0) is 12.5. The second-order valence-corrected chi connectivity index (χ2v) is 4.52. The molecule has 0 radical (unpaired) electrons. The van der Waals surface area contributed by atoms with Crippen molar-refractivity contribution in [1.82, 2.24) is 10.1 Å². The van der Waals surface area contributed by atoms with Gasteiger partial charge >= 0.3 is 0 Å². The summed E-state index contributed by atoms with van der Waals surface area (Å²) in [6.07, 6.45) is 2.09. The minimum Gasteiger partial charge on any atom is -0.508 e. The molecule has 5 heteroatoms. The summed E-state index contributed by atoms with van der Waals surface area (Å²) >= 11 is 0. The van der Waals surface area contributed by atoms with Crippen LogP contribution in [-0.4, -0.2) is 21.4 Å². The van der Waals surface area contributed by atoms with E-state index in [4.69, 9.17) is 9.26 Å². The molecule has 5 nitrogen and oxygen atoms in total. The van der Waals surface area contributed by atoms with Crippen molar-refractivity contribution < 1.29 is 14.4 Å². The molecular formula is C13H14N2O3. The summed E-state index contributed by atoms with van der Waals surface area (Å²) in [5.41, 5.74) is 0.814. The van der Waals surface area contributed by atoms with Gasteiger partial charge in [0.05, 0.1) is 6.10 Å². The Morgan fingerprint density at radius 3 is 2.67 bits per heavy atom. The standard InChI is InChI=1S/C13H14N2O3/c1-8-2-7-11(17-8)13-14-12(15-18-13)9-3-5-10(16)6-4-9/h3-6,8,11,16H,2,7H2,1H3. The molecule has 1 saturated heterocycles. The Kier molecular flexibility index (Phi) is 2.76. The fraction of sp³-hybridized carbons (Fsp3) is 0.385. The normalized spacial score (nSPS) is 23.4. The molecule has 1 aliphatic rings. The first kappa shape index (κ1) is 11.2. The highest BCUT2D eigenvalue weighted by Gasteiger charge is 2.28. The van der Waals surface area contributed by atoms with Gasteiger partial charge in [0.25, 0.3) is 5.89 Å². The molecule has 0 bridgehead atoms. The Morgan fingerprint density at radius 1 is 1.22 bits per heavy atom. The Labute approximate surface area is 104 Å². The summed E-state index contributed by atoms with van der Waals surface area (Å²) in [6, 6.07) is 6.70. The van der Waals surface area contributed by atoms with Crippen molar-refractivity contribution >= 4 is 0 Å². The van der Waals surface area contributed by atoms with Crippen molar-refractivity contribution in [2.75, 3.05) is 0 Å². The Balaban J connectivity index is 1.83. The number of phenols is 1. The van der Waals surface area contributed by atoms with Gasteiger partial charge in [0.2, 0.25) is 5.82 Å². The van der Waals surface area contributed by atoms with Crippen LogP contribution in [-0.2, 0) is 4.74 Å². The number of hydrogen-bond donors (Lipinski definition) is 1. The summed E-state index contributed by atoms with van der Waals surface area (Å²) in [4.78, 5) is 4.34. The monoisotopic (exact) mass is 246 g/mol. The molecule has 1 aromatic carbocycles. The summed E-state index contributed by atoms with van der Waals surface area (Å²) in [7, 11) is 0. The Hall–Kier alpha value is -1.88. The molecule has 0 aliphatic carbocycles. The van der Waals surface area contributed by atoms with E-state index in [0.29, 0.717) is 11.7 Å². The van der Waals surface area contributed by atoms with E-state index < -0.39 is 0 Å². The number of aromatic nitrogens is 2. The van der Waals surface area contributed by atoms with Gasteiger partial charge in [-0.05, 0) is 44.0 Å². The van der Waals surface area contributed by atoms with Crippen LogP contribution >= 0.6 is 0 Å². The minimum absolute atomic E-state index is 0.0848. The molecule has 2 aromatic rings. The third-order valence-electron chi connectivity index (χ3n) is 3.07. The van der Waals surface area contributed by atoms with Gasteiger partial charge in [0, 0.05) is 5.56 Å². The molecule has 94 valence electrons. The molecule has 0 amide bonds. The number of hydrogen-bond acceptors (Lipinski definition) is 5. The highest BCUT2D eigenvalue weighted by atomic mass is 16.5. The summed E-state index contributed by atoms with van der Waals surface area (Å²) in [6.45, 7) is 2.04. The molecule has 1 N–H and O–H groups in total. The van der Waals surface area contributed by atoms with Gasteiger partial charge in [-0.2, -0.15) is 4.98 Å². The van der Waals surface area contributed by atoms with Crippen LogP contribution in [0.25, 0.3) is 11.4 Å². The van der Waals surface area contributed by atoms with Crippen LogP contribution in [0.5, 0.6) is 5.75 Å². The maximum Gasteiger partial charge on any atom is 0.256 e. The molecular weight excluding hydrogens is 232 g/mol. The van der Waals surface area contributed by atoms with E-state index in [-0.39, 0.29) is 18.0 Å². The Morgan fingerprint density at radius 2 is 2.00 bits per heavy atom. The van der Waals surface area contributed by atoms with Crippen LogP contribution < -0.4 is 0 Å². The summed E-state index contributed by atoms with van der Waals surface area (Å²) < 4.78 is 10.9. The molecule has 0 spiro atoms. The number of aromatic hydroxyl groups is 1. The van der Waals surface area contributed by atoms with Crippen LogP contribution in [0.4, 0.5) is 0 Å². The van der Waals surface area contributed by atoms with Crippen LogP contribution in [0, 0.1) is 0 Å². The second kappa shape index (κ2) is 4.42. The van der Waals surface area contributed by atoms with E-state index in [1.54, 1.807) is 24.3 Å². The van der Waals surface area contributed by atoms with Crippen molar-refractivity contribution in [2.24, 2.45) is 0 Å². The van der Waals surface area contributed by atoms with Gasteiger partial charge in [-0.3, -0.25) is 0 Å². The van der Waals surface area contributed by atoms with Gasteiger partial charge in [-0.1, -0.05) is 5.16 Å². The zero-order valence-corrected chi connectivity index (χ0v) is 10.0. The Bertz CT molecular complexity index is 535. The fourth-order valence-corrected chi connectivity index (χ4v) is 2.08. The number of rotatable bonds is 2. The average molecular weight is 246 g/mol. The van der Waals surface area contributed by atoms with Gasteiger partial charge < -0.3 is 14.4 Å². The number of ether oxygens (including phenoxy) is 1. The van der Waals surface area contributed by atoms with E-state index in [0.717, 1.165) is 18.4 Å². The van der Waals surface area contributed by atoms with E-state index >= 15 is 0 Å². The molecule has 1 aromatic heterocycles. The largest absolute Gasteiger partial charge is 0.508 e. The van der Waals surface area contributed by atoms with Gasteiger partial charge in [-0.25, -0.2) is 0 Å². The highest BCUT2D eigenvalue weighted by molar-refractivity contribution is 5.55. The predicted octanol–water partition coefficient (Wildman–Crippen LogP) is 2.68. The maximum absolute atomic E-state index is 9.23. The van der Waals surface area contributed by atoms with Crippen molar-refractivity contribution in [2.45, 2.75) is 32.0 Å². The first-order valence-corrected chi connectivity index (χ1v) is 6.01. The van der Waals surface area contributed by atoms with E-state index in [9.17, 15) is 5.11 Å². The SMILES string of the molecule is CC1CCC(c2nc(-c3ccc(O)cc3)no2)O1. The van der Waals surface area contributed by atoms with Crippen LogP contribution in [0.15, 0.2) is 28.8 Å². The van der Waals surface area contributed by atoms with Crippen LogP contribution in [0.2, 0.25) is 0 Å². The molecule has 1 fully saturated rings. The topological polar surface area (TPSA) is 68.4 Å². The van der Waals surface area contributed by atoms with Crippen molar-refractivity contribution in [1.29, 1.82) is 0 Å². The fourth-order valence-electron chi connectivity index (χ4n) is 2.08. The third kappa shape index (κ3) is 2.09. The lowest BCUT2D eigenvalue weighted by molar-refractivity contribution is 0.0355. The zero-order valence-electron chi connectivity index (χ0n) is 10.0. The van der Waals surface area contributed by atoms with Crippen molar-refractivity contribution in [3.63, 3.8) is 0 Å². The molecule has 18 heavy (non-hydrogen) atoms. The lowest BCUT2D eigenvalue weighted by Gasteiger charge is -2.04. The highest BCUT2D eigenvalue weighted by Crippen LogP contribution is 2.32. The van der Waals surface area contributed by atoms with Crippen molar-refractivity contribution in [3.05, 3.63) is 30.2 Å². The quantitative estimate of drug-likeness (QED) is 0.882. The van der Waals surface area contributed by atoms with Gasteiger partial charge in [-0.15, -0.1) is 0 Å². The molecule has 2 heterocycles. The van der Waals surface area contributed by atoms with Crippen LogP contribution in [0.1, 0.15) is 31.8 Å². The molecule has 3 rings (SSSR count). The minimum atomic E-state index is -0.0848. The first-order valence-electron chi connectivity index (χ1n) is 6.01. The number of benzene rings is 1. The van der Waals surface area contributed by atoms with E-state index in [1.165, 1.54) is 0 Å². The predicted molar refractivity (Wildman–Crippen MR) is 63.9 cm³/mol. The second-order valence-electron chi connectivity index (χ2n) is 4.52. The average Bonchev–Trinajstić information content (AvgIpc) is 2.98. The third-order valence-corrected chi connectivity index (χ3v) is 3.07. The lowest BCUT2D eigenvalue weighted by atomic mass is 10.2. The molecule has 1 aliphatic heterocycles. The molecule has 2 atom stereocenters. The lowest BCUT2D eigenvalue weighted by Crippen LogP contribution is -2.01. The van der Waals surface area contributed by atoms with Gasteiger partial charge in [0.15, 0.2) is 0 Å². The number of nitrogens with zero attached hydrogens (tertiary/aromatic N) is 2. The first-order chi connectivity index (χ1) is 8.72.